The molecule has 1 N–H and O–H groups in total. The number of benzene rings is 1. The molecule has 5 heteroatoms. The van der Waals surface area contributed by atoms with Crippen molar-refractivity contribution in [3.63, 3.8) is 0 Å². The first-order valence-electron chi connectivity index (χ1n) is 6.82. The lowest BCUT2D eigenvalue weighted by Crippen LogP contribution is -2.23. The Morgan fingerprint density at radius 1 is 1.10 bits per heavy atom. The summed E-state index contributed by atoms with van der Waals surface area (Å²) in [5.41, 5.74) is 0.551. The molecule has 0 radical (unpaired) electrons. The van der Waals surface area contributed by atoms with Gasteiger partial charge in [0.25, 0.3) is 0 Å². The summed E-state index contributed by atoms with van der Waals surface area (Å²) in [7, 11) is 0. The first-order chi connectivity index (χ1) is 9.74. The molecule has 1 aromatic carbocycles. The van der Waals surface area contributed by atoms with E-state index in [9.17, 15) is 9.59 Å². The Kier molecular flexibility index (Phi) is 8.07. The van der Waals surface area contributed by atoms with E-state index in [2.05, 4.69) is 5.32 Å². The van der Waals surface area contributed by atoms with E-state index >= 15 is 0 Å². The Morgan fingerprint density at radius 2 is 1.85 bits per heavy atom. The summed E-state index contributed by atoms with van der Waals surface area (Å²) in [6.45, 7) is 3.79. The van der Waals surface area contributed by atoms with E-state index in [0.717, 1.165) is 0 Å². The van der Waals surface area contributed by atoms with Crippen molar-refractivity contribution in [3.8, 4) is 0 Å². The van der Waals surface area contributed by atoms with Crippen molar-refractivity contribution in [2.75, 3.05) is 26.3 Å². The van der Waals surface area contributed by atoms with Crippen molar-refractivity contribution >= 4 is 11.9 Å². The lowest BCUT2D eigenvalue weighted by molar-refractivity contribution is -0.143. The highest BCUT2D eigenvalue weighted by Crippen LogP contribution is 2.00. The Hall–Kier alpha value is -1.88. The van der Waals surface area contributed by atoms with Crippen LogP contribution in [0.15, 0.2) is 30.3 Å². The lowest BCUT2D eigenvalue weighted by Gasteiger charge is -2.06. The Labute approximate surface area is 119 Å². The number of esters is 2. The Morgan fingerprint density at radius 3 is 2.55 bits per heavy atom. The zero-order valence-electron chi connectivity index (χ0n) is 11.8. The van der Waals surface area contributed by atoms with Crippen LogP contribution in [0.5, 0.6) is 0 Å². The van der Waals surface area contributed by atoms with Gasteiger partial charge >= 0.3 is 11.9 Å². The molecule has 0 aromatic heterocycles. The van der Waals surface area contributed by atoms with Gasteiger partial charge in [-0.1, -0.05) is 18.2 Å². The number of carbonyl (C=O) groups is 2. The lowest BCUT2D eigenvalue weighted by atomic mass is 10.2. The number of hydrogen-bond acceptors (Lipinski definition) is 5. The molecule has 0 atom stereocenters. The molecule has 0 saturated heterocycles. The van der Waals surface area contributed by atoms with Gasteiger partial charge in [-0.25, -0.2) is 4.79 Å². The van der Waals surface area contributed by atoms with Crippen molar-refractivity contribution in [3.05, 3.63) is 35.9 Å². The highest BCUT2D eigenvalue weighted by Gasteiger charge is 2.05. The van der Waals surface area contributed by atoms with E-state index in [4.69, 9.17) is 9.47 Å². The molecule has 110 valence electrons. The van der Waals surface area contributed by atoms with Crippen LogP contribution in [0.1, 0.15) is 30.1 Å². The van der Waals surface area contributed by atoms with Gasteiger partial charge in [0.1, 0.15) is 6.61 Å². The minimum Gasteiger partial charge on any atom is -0.466 e. The van der Waals surface area contributed by atoms with Gasteiger partial charge in [0.2, 0.25) is 0 Å². The maximum Gasteiger partial charge on any atom is 0.338 e. The molecule has 0 saturated carbocycles. The summed E-state index contributed by atoms with van der Waals surface area (Å²) in [6, 6.07) is 8.88. The largest absolute Gasteiger partial charge is 0.466 e. The zero-order chi connectivity index (χ0) is 14.6. The molecule has 0 spiro atoms. The van der Waals surface area contributed by atoms with Crippen LogP contribution in [-0.4, -0.2) is 38.2 Å². The van der Waals surface area contributed by atoms with Crippen LogP contribution in [0, 0.1) is 0 Å². The third-order valence-electron chi connectivity index (χ3n) is 2.56. The first-order valence-corrected chi connectivity index (χ1v) is 6.82. The molecule has 5 nitrogen and oxygen atoms in total. The average Bonchev–Trinajstić information content (AvgIpc) is 2.47. The monoisotopic (exact) mass is 279 g/mol. The van der Waals surface area contributed by atoms with Gasteiger partial charge < -0.3 is 14.8 Å². The SMILES string of the molecule is CCOC(=O)CCCNCCOC(=O)c1ccccc1. The first kappa shape index (κ1) is 16.2. The van der Waals surface area contributed by atoms with Gasteiger partial charge in [0, 0.05) is 13.0 Å². The summed E-state index contributed by atoms with van der Waals surface area (Å²) in [5, 5.41) is 3.10. The maximum absolute atomic E-state index is 11.6. The van der Waals surface area contributed by atoms with Gasteiger partial charge in [0.15, 0.2) is 0 Å². The molecule has 0 heterocycles. The minimum atomic E-state index is -0.320. The predicted octanol–water partition coefficient (Wildman–Crippen LogP) is 1.78. The van der Waals surface area contributed by atoms with Gasteiger partial charge in [-0.05, 0) is 32.0 Å². The van der Waals surface area contributed by atoms with Crippen LogP contribution < -0.4 is 5.32 Å². The second-order valence-corrected chi connectivity index (χ2v) is 4.16. The third kappa shape index (κ3) is 6.89. The molecule has 0 aliphatic heterocycles. The molecule has 0 bridgehead atoms. The van der Waals surface area contributed by atoms with Crippen LogP contribution >= 0.6 is 0 Å². The van der Waals surface area contributed by atoms with E-state index in [1.54, 1.807) is 31.2 Å². The molecule has 0 unspecified atom stereocenters. The van der Waals surface area contributed by atoms with Crippen molar-refractivity contribution in [1.82, 2.24) is 5.32 Å². The predicted molar refractivity (Wildman–Crippen MR) is 75.5 cm³/mol. The van der Waals surface area contributed by atoms with Crippen LogP contribution in [0.2, 0.25) is 0 Å². The normalized spacial score (nSPS) is 10.1. The van der Waals surface area contributed by atoms with Crippen molar-refractivity contribution in [1.29, 1.82) is 0 Å². The summed E-state index contributed by atoms with van der Waals surface area (Å²) in [5.74, 6) is -0.497. The molecule has 0 fully saturated rings. The Bertz CT molecular complexity index is 406. The van der Waals surface area contributed by atoms with Crippen LogP contribution in [0.25, 0.3) is 0 Å². The number of ether oxygens (including phenoxy) is 2. The van der Waals surface area contributed by atoms with E-state index in [1.165, 1.54) is 0 Å². The Balaban J connectivity index is 2.00. The molecule has 0 aliphatic carbocycles. The molecular weight excluding hydrogens is 258 g/mol. The molecule has 1 aromatic rings. The molecule has 20 heavy (non-hydrogen) atoms. The number of rotatable bonds is 9. The minimum absolute atomic E-state index is 0.176. The second kappa shape index (κ2) is 9.97. The van der Waals surface area contributed by atoms with E-state index in [1.807, 2.05) is 6.07 Å². The third-order valence-corrected chi connectivity index (χ3v) is 2.56. The van der Waals surface area contributed by atoms with Gasteiger partial charge in [-0.2, -0.15) is 0 Å². The summed E-state index contributed by atoms with van der Waals surface area (Å²) in [4.78, 5) is 22.6. The molecule has 0 aliphatic rings. The van der Waals surface area contributed by atoms with E-state index < -0.39 is 0 Å². The fraction of sp³-hybridized carbons (Fsp3) is 0.467. The van der Waals surface area contributed by atoms with E-state index in [0.29, 0.717) is 44.7 Å². The summed E-state index contributed by atoms with van der Waals surface area (Å²) in [6.07, 6.45) is 1.12. The van der Waals surface area contributed by atoms with Gasteiger partial charge in [-0.15, -0.1) is 0 Å². The molecule has 1 rings (SSSR count). The summed E-state index contributed by atoms with van der Waals surface area (Å²) < 4.78 is 9.92. The van der Waals surface area contributed by atoms with Crippen LogP contribution in [0.4, 0.5) is 0 Å². The highest BCUT2D eigenvalue weighted by molar-refractivity contribution is 5.89. The zero-order valence-corrected chi connectivity index (χ0v) is 11.8. The quantitative estimate of drug-likeness (QED) is 0.551. The molecule has 0 amide bonds. The smallest absolute Gasteiger partial charge is 0.338 e. The van der Waals surface area contributed by atoms with Gasteiger partial charge in [0.05, 0.1) is 12.2 Å². The number of nitrogens with one attached hydrogen (secondary N) is 1. The van der Waals surface area contributed by atoms with Crippen molar-refractivity contribution in [2.24, 2.45) is 0 Å². The maximum atomic E-state index is 11.6. The van der Waals surface area contributed by atoms with Gasteiger partial charge in [-0.3, -0.25) is 4.79 Å². The fourth-order valence-corrected chi connectivity index (χ4v) is 1.59. The van der Waals surface area contributed by atoms with E-state index in [-0.39, 0.29) is 11.9 Å². The van der Waals surface area contributed by atoms with Crippen molar-refractivity contribution in [2.45, 2.75) is 19.8 Å². The standard InChI is InChI=1S/C15H21NO4/c1-2-19-14(17)9-6-10-16-11-12-20-15(18)13-7-4-3-5-8-13/h3-5,7-8,16H,2,6,9-12H2,1H3. The second-order valence-electron chi connectivity index (χ2n) is 4.16. The highest BCUT2D eigenvalue weighted by atomic mass is 16.5. The molecular formula is C15H21NO4. The fourth-order valence-electron chi connectivity index (χ4n) is 1.59. The van der Waals surface area contributed by atoms with Crippen LogP contribution in [0.3, 0.4) is 0 Å². The summed E-state index contributed by atoms with van der Waals surface area (Å²) >= 11 is 0. The number of hydrogen-bond donors (Lipinski definition) is 1. The van der Waals surface area contributed by atoms with Crippen molar-refractivity contribution < 1.29 is 19.1 Å². The topological polar surface area (TPSA) is 64.6 Å². The number of carbonyl (C=O) groups excluding carboxylic acids is 2. The average molecular weight is 279 g/mol. The van der Waals surface area contributed by atoms with Crippen LogP contribution in [-0.2, 0) is 14.3 Å².